The molecule has 14 heteroatoms. The Balaban J connectivity index is 1.29. The molecule has 0 unspecified atom stereocenters. The van der Waals surface area contributed by atoms with Crippen LogP contribution >= 0.6 is 11.6 Å². The molecule has 0 radical (unpaired) electrons. The number of anilines is 1. The number of pyridine rings is 1. The Labute approximate surface area is 269 Å². The number of hydrogen-bond acceptors (Lipinski definition) is 11. The minimum absolute atomic E-state index is 0.158. The molecule has 9 rings (SSSR count). The number of aromatic amines is 1. The van der Waals surface area contributed by atoms with Gasteiger partial charge in [0.2, 0.25) is 0 Å². The molecule has 12 nitrogen and oxygen atoms in total. The number of benzene rings is 1. The first-order valence-corrected chi connectivity index (χ1v) is 16.3. The predicted octanol–water partition coefficient (Wildman–Crippen LogP) is 4.79. The maximum atomic E-state index is 14.5. The van der Waals surface area contributed by atoms with Gasteiger partial charge in [0, 0.05) is 35.5 Å². The first-order chi connectivity index (χ1) is 22.4. The van der Waals surface area contributed by atoms with Gasteiger partial charge in [0.25, 0.3) is 0 Å². The lowest BCUT2D eigenvalue weighted by Gasteiger charge is -2.31. The van der Waals surface area contributed by atoms with E-state index < -0.39 is 18.4 Å². The summed E-state index contributed by atoms with van der Waals surface area (Å²) in [6.07, 6.45) is 2.94. The molecule has 8 heterocycles. The molecule has 3 saturated heterocycles. The number of carbonyl (C=O) groups is 1. The van der Waals surface area contributed by atoms with Crippen LogP contribution in [0.5, 0.6) is 6.01 Å². The smallest absolute Gasteiger partial charge is 0.461 e. The average Bonchev–Trinajstić information content (AvgIpc) is 3.67. The summed E-state index contributed by atoms with van der Waals surface area (Å²) in [5.41, 5.74) is 4.18. The van der Waals surface area contributed by atoms with Crippen LogP contribution in [0.25, 0.3) is 33.1 Å². The van der Waals surface area contributed by atoms with Gasteiger partial charge < -0.3 is 23.8 Å². The van der Waals surface area contributed by atoms with Crippen molar-refractivity contribution >= 4 is 45.4 Å². The van der Waals surface area contributed by atoms with Gasteiger partial charge in [-0.05, 0) is 56.8 Å². The highest BCUT2D eigenvalue weighted by Crippen LogP contribution is 2.42. The van der Waals surface area contributed by atoms with Gasteiger partial charge in [-0.15, -0.1) is 0 Å². The standard InChI is InChI=1S/C32H35ClFN7O5/c1-18-27-25-11-26(36-18)28-21(23(33)10-24-22(28)13-35-39-24)4-2-8-44-31(42)46-20-15-40(7-9-43-16-20)29(27)38-30(37-25)45-17-32-5-3-6-41(32)14-19(34)12-32/h10-11,13,19-20H,2-9,12,14-17H2,1H3,(H,35,39)/t19-,20+,32+/m1/s1. The Hall–Kier alpha value is -3.81. The molecule has 0 spiro atoms. The molecule has 0 aliphatic carbocycles. The number of hydrogen-bond donors (Lipinski definition) is 1. The third-order valence-electron chi connectivity index (χ3n) is 9.69. The summed E-state index contributed by atoms with van der Waals surface area (Å²) in [7, 11) is 0. The van der Waals surface area contributed by atoms with Crippen LogP contribution in [0.4, 0.5) is 15.0 Å². The van der Waals surface area contributed by atoms with Crippen molar-refractivity contribution in [3.63, 3.8) is 0 Å². The van der Waals surface area contributed by atoms with E-state index in [1.165, 1.54) is 0 Å². The number of H-pyrrole nitrogens is 1. The number of nitrogens with zero attached hydrogens (tertiary/aromatic N) is 6. The van der Waals surface area contributed by atoms with Crippen molar-refractivity contribution < 1.29 is 28.1 Å². The summed E-state index contributed by atoms with van der Waals surface area (Å²) in [5, 5.41) is 9.48. The van der Waals surface area contributed by atoms with E-state index in [2.05, 4.69) is 15.1 Å². The molecule has 1 N–H and O–H groups in total. The SMILES string of the molecule is Cc1nc2cc3nc(OC[C@@]45CCCN4C[C@H](F)C5)nc(c13)N1CCOC[C@H](C1)OC(=O)OCCCc1c(Cl)cc3[nH]ncc3c1-2. The number of aromatic nitrogens is 5. The van der Waals surface area contributed by atoms with Gasteiger partial charge in [0.15, 0.2) is 0 Å². The molecule has 1 aromatic carbocycles. The zero-order chi connectivity index (χ0) is 31.4. The molecular formula is C32H35ClFN7O5. The van der Waals surface area contributed by atoms with E-state index in [9.17, 15) is 9.18 Å². The third kappa shape index (κ3) is 5.27. The Morgan fingerprint density at radius 3 is 3.00 bits per heavy atom. The van der Waals surface area contributed by atoms with Crippen LogP contribution in [-0.4, -0.2) is 107 Å². The molecule has 0 saturated carbocycles. The zero-order valence-electron chi connectivity index (χ0n) is 25.6. The van der Waals surface area contributed by atoms with Crippen molar-refractivity contribution in [2.75, 3.05) is 57.5 Å². The Morgan fingerprint density at radius 2 is 2.09 bits per heavy atom. The number of ether oxygens (including phenoxy) is 4. The highest BCUT2D eigenvalue weighted by molar-refractivity contribution is 6.33. The number of fused-ring (bicyclic) bond motifs is 8. The van der Waals surface area contributed by atoms with Crippen LogP contribution in [0.15, 0.2) is 18.3 Å². The van der Waals surface area contributed by atoms with Gasteiger partial charge in [0.05, 0.1) is 65.9 Å². The molecule has 242 valence electrons. The van der Waals surface area contributed by atoms with E-state index in [0.29, 0.717) is 74.2 Å². The van der Waals surface area contributed by atoms with Crippen molar-refractivity contribution in [1.82, 2.24) is 30.0 Å². The fourth-order valence-electron chi connectivity index (χ4n) is 7.62. The van der Waals surface area contributed by atoms with E-state index in [0.717, 1.165) is 52.5 Å². The van der Waals surface area contributed by atoms with Crippen LogP contribution in [0.1, 0.15) is 36.9 Å². The summed E-state index contributed by atoms with van der Waals surface area (Å²) in [6.45, 7) is 5.15. The fourth-order valence-corrected chi connectivity index (χ4v) is 7.92. The Morgan fingerprint density at radius 1 is 1.17 bits per heavy atom. The normalized spacial score (nSPS) is 25.5. The molecule has 46 heavy (non-hydrogen) atoms. The predicted molar refractivity (Wildman–Crippen MR) is 168 cm³/mol. The lowest BCUT2D eigenvalue weighted by Crippen LogP contribution is -2.43. The molecule has 3 fully saturated rings. The van der Waals surface area contributed by atoms with E-state index in [1.807, 2.05) is 24.0 Å². The molecular weight excluding hydrogens is 617 g/mol. The molecule has 3 aromatic heterocycles. The summed E-state index contributed by atoms with van der Waals surface area (Å²) in [4.78, 5) is 31.9. The number of aryl methyl sites for hydroxylation is 1. The number of nitrogens with one attached hydrogen (secondary N) is 1. The Bertz CT molecular complexity index is 1820. The number of halogens is 2. The number of carbonyl (C=O) groups excluding carboxylic acids is 1. The monoisotopic (exact) mass is 651 g/mol. The second-order valence-electron chi connectivity index (χ2n) is 12.7. The topological polar surface area (TPSA) is 128 Å². The van der Waals surface area contributed by atoms with Gasteiger partial charge in [-0.1, -0.05) is 11.6 Å². The zero-order valence-corrected chi connectivity index (χ0v) is 26.3. The Kier molecular flexibility index (Phi) is 7.57. The van der Waals surface area contributed by atoms with Crippen molar-refractivity contribution in [2.24, 2.45) is 0 Å². The number of rotatable bonds is 3. The maximum Gasteiger partial charge on any atom is 0.508 e. The minimum Gasteiger partial charge on any atom is -0.461 e. The van der Waals surface area contributed by atoms with Crippen molar-refractivity contribution in [3.05, 3.63) is 34.6 Å². The van der Waals surface area contributed by atoms with E-state index >= 15 is 0 Å². The highest BCUT2D eigenvalue weighted by Gasteiger charge is 2.49. The summed E-state index contributed by atoms with van der Waals surface area (Å²) in [6, 6.07) is 4.00. The van der Waals surface area contributed by atoms with Gasteiger partial charge in [-0.2, -0.15) is 15.1 Å². The summed E-state index contributed by atoms with van der Waals surface area (Å²) >= 11 is 6.86. The summed E-state index contributed by atoms with van der Waals surface area (Å²) < 4.78 is 37.9. The van der Waals surface area contributed by atoms with Crippen molar-refractivity contribution in [3.8, 4) is 17.3 Å². The van der Waals surface area contributed by atoms with Gasteiger partial charge >= 0.3 is 12.2 Å². The molecule has 5 aliphatic rings. The maximum absolute atomic E-state index is 14.5. The lowest BCUT2D eigenvalue weighted by molar-refractivity contribution is -0.00448. The third-order valence-corrected chi connectivity index (χ3v) is 10.0. The van der Waals surface area contributed by atoms with Crippen molar-refractivity contribution in [2.45, 2.75) is 56.8 Å². The van der Waals surface area contributed by atoms with Crippen LogP contribution in [-0.2, 0) is 20.6 Å². The second-order valence-corrected chi connectivity index (χ2v) is 13.1. The van der Waals surface area contributed by atoms with Gasteiger partial charge in [-0.25, -0.2) is 9.18 Å². The molecule has 6 bridgehead atoms. The minimum atomic E-state index is -0.868. The first kappa shape index (κ1) is 29.6. The molecule has 5 aliphatic heterocycles. The van der Waals surface area contributed by atoms with Crippen LogP contribution in [0, 0.1) is 6.92 Å². The second kappa shape index (κ2) is 11.8. The largest absolute Gasteiger partial charge is 0.508 e. The first-order valence-electron chi connectivity index (χ1n) is 15.9. The molecule has 4 aromatic rings. The van der Waals surface area contributed by atoms with E-state index in [1.54, 1.807) is 6.20 Å². The fraction of sp³-hybridized carbons (Fsp3) is 0.531. The number of alkyl halides is 1. The average molecular weight is 652 g/mol. The van der Waals surface area contributed by atoms with Crippen LogP contribution in [0.2, 0.25) is 5.02 Å². The molecule has 3 atom stereocenters. The lowest BCUT2D eigenvalue weighted by atomic mass is 9.95. The van der Waals surface area contributed by atoms with E-state index in [-0.39, 0.29) is 24.8 Å². The highest BCUT2D eigenvalue weighted by atomic mass is 35.5. The van der Waals surface area contributed by atoms with Gasteiger partial charge in [-0.3, -0.25) is 15.0 Å². The molecule has 0 amide bonds. The van der Waals surface area contributed by atoms with Gasteiger partial charge in [0.1, 0.15) is 24.7 Å². The quantitative estimate of drug-likeness (QED) is 0.307. The van der Waals surface area contributed by atoms with E-state index in [4.69, 9.17) is 45.5 Å². The van der Waals surface area contributed by atoms with Crippen molar-refractivity contribution in [1.29, 1.82) is 0 Å². The summed E-state index contributed by atoms with van der Waals surface area (Å²) in [5.74, 6) is 0.603. The van der Waals surface area contributed by atoms with Crippen LogP contribution in [0.3, 0.4) is 0 Å². The van der Waals surface area contributed by atoms with Crippen LogP contribution < -0.4 is 9.64 Å².